The van der Waals surface area contributed by atoms with Crippen molar-refractivity contribution in [3.05, 3.63) is 61.5 Å². The first-order valence-electron chi connectivity index (χ1n) is 10.6. The smallest absolute Gasteiger partial charge is 0.358 e. The summed E-state index contributed by atoms with van der Waals surface area (Å²) in [7, 11) is -0.660. The minimum Gasteiger partial charge on any atom is -0.358 e. The van der Waals surface area contributed by atoms with Crippen LogP contribution in [0.1, 0.15) is 41.5 Å². The largest absolute Gasteiger partial charge is 2.00 e. The fraction of sp³-hybridized carbons (Fsp3) is 0.269. The molecule has 5 rings (SSSR count). The molecule has 2 aromatic carbocycles. The Morgan fingerprint density at radius 1 is 1.08 bits per heavy atom. The topological polar surface area (TPSA) is 93.5 Å². The van der Waals surface area contributed by atoms with Gasteiger partial charge in [-0.3, -0.25) is 19.5 Å². The van der Waals surface area contributed by atoms with E-state index in [-0.39, 0.29) is 43.1 Å². The molecule has 1 aliphatic rings. The average Bonchev–Trinajstić information content (AvgIpc) is 3.25. The Morgan fingerprint density at radius 2 is 1.69 bits per heavy atom. The molecule has 7 nitrogen and oxygen atoms in total. The summed E-state index contributed by atoms with van der Waals surface area (Å²) in [4.78, 5) is 36.0. The monoisotopic (exact) mass is 593 g/mol. The average molecular weight is 593 g/mol. The maximum absolute atomic E-state index is 14.0. The quantitative estimate of drug-likeness (QED) is 0.130. The summed E-state index contributed by atoms with van der Waals surface area (Å²) in [6.45, 7) is 15.3. The van der Waals surface area contributed by atoms with Crippen LogP contribution in [0.2, 0.25) is 18.1 Å². The Bertz CT molecular complexity index is 1540. The van der Waals surface area contributed by atoms with Crippen LogP contribution in [0.15, 0.2) is 30.5 Å². The number of halogens is 1. The second kappa shape index (κ2) is 9.87. The molecule has 36 heavy (non-hydrogen) atoms. The van der Waals surface area contributed by atoms with E-state index in [9.17, 15) is 14.0 Å². The van der Waals surface area contributed by atoms with E-state index in [1.165, 1.54) is 13.1 Å². The van der Waals surface area contributed by atoms with Crippen LogP contribution < -0.4 is 9.41 Å². The molecule has 3 heterocycles. The van der Waals surface area contributed by atoms with Gasteiger partial charge in [0.1, 0.15) is 11.6 Å². The number of nitrogens with zero attached hydrogens (tertiary/aromatic N) is 3. The van der Waals surface area contributed by atoms with Crippen molar-refractivity contribution in [2.24, 2.45) is 0 Å². The fourth-order valence-corrected chi connectivity index (χ4v) is 5.02. The number of imide groups is 1. The first-order chi connectivity index (χ1) is 15.9. The van der Waals surface area contributed by atoms with Gasteiger partial charge in [-0.25, -0.2) is 4.39 Å². The van der Waals surface area contributed by atoms with E-state index in [0.29, 0.717) is 33.1 Å². The molecular weight excluding hydrogens is 566 g/mol. The Morgan fingerprint density at radius 3 is 2.31 bits per heavy atom. The van der Waals surface area contributed by atoms with Crippen LogP contribution >= 0.6 is 0 Å². The van der Waals surface area contributed by atoms with Crippen molar-refractivity contribution in [3.63, 3.8) is 0 Å². The Labute approximate surface area is 223 Å². The van der Waals surface area contributed by atoms with Crippen molar-refractivity contribution in [2.45, 2.75) is 38.9 Å². The Balaban J connectivity index is 0.00000111. The molecule has 0 aliphatic carbocycles. The first kappa shape index (κ1) is 29.3. The maximum atomic E-state index is 14.0. The third kappa shape index (κ3) is 4.28. The molecule has 2 aromatic heterocycles. The molecule has 4 aromatic rings. The van der Waals surface area contributed by atoms with Gasteiger partial charge < -0.3 is 16.8 Å². The van der Waals surface area contributed by atoms with Crippen molar-refractivity contribution in [1.29, 1.82) is 0 Å². The van der Waals surface area contributed by atoms with Gasteiger partial charge in [0.2, 0.25) is 8.32 Å². The van der Waals surface area contributed by atoms with Gasteiger partial charge in [-0.1, -0.05) is 26.8 Å². The van der Waals surface area contributed by atoms with Gasteiger partial charge in [0.05, 0.1) is 22.8 Å². The number of hydrogen-bond acceptors (Lipinski definition) is 4. The predicted molar refractivity (Wildman–Crippen MR) is 135 cm³/mol. The Hall–Kier alpha value is -2.90. The van der Waals surface area contributed by atoms with Gasteiger partial charge in [0.15, 0.2) is 0 Å². The van der Waals surface area contributed by atoms with Crippen molar-refractivity contribution in [1.82, 2.24) is 14.9 Å². The molecule has 188 valence electrons. The zero-order valence-electron chi connectivity index (χ0n) is 21.1. The van der Waals surface area contributed by atoms with Crippen LogP contribution in [0.5, 0.6) is 5.75 Å². The third-order valence-corrected chi connectivity index (χ3v) is 11.1. The molecule has 0 fully saturated rings. The van der Waals surface area contributed by atoms with E-state index >= 15 is 0 Å². The molecule has 0 radical (unpaired) electrons. The third-order valence-electron chi connectivity index (χ3n) is 6.77. The van der Waals surface area contributed by atoms with E-state index < -0.39 is 25.9 Å². The normalized spacial score (nSPS) is 13.2. The number of pyridine rings is 1. The van der Waals surface area contributed by atoms with Crippen molar-refractivity contribution >= 4 is 52.8 Å². The molecule has 0 N–H and O–H groups in total. The standard InChI is InChI=1S/C24H24FN3O3Si.CO.CH3.Ru/c1-24(2,3)32(5,6)31-13-7-8-16-14(10-13)17-19-18(22(29)28(4)23(19)30)15-9-12(25)11-26-20(15)21(17)27-16;1-2;;/h7-11H,1-6H3,(H,26,27,29,30);;1H3;/q;;-1;+2/p-1. The van der Waals surface area contributed by atoms with Gasteiger partial charge in [-0.15, -0.1) is 11.0 Å². The minimum atomic E-state index is -2.09. The molecule has 0 unspecified atom stereocenters. The number of rotatable bonds is 2. The van der Waals surface area contributed by atoms with Crippen LogP contribution in [0.3, 0.4) is 0 Å². The molecule has 0 bridgehead atoms. The molecule has 1 aliphatic heterocycles. The van der Waals surface area contributed by atoms with Gasteiger partial charge in [0, 0.05) is 12.4 Å². The zero-order valence-corrected chi connectivity index (χ0v) is 23.8. The fourth-order valence-electron chi connectivity index (χ4n) is 3.99. The number of carbonyl (C=O) groups is 2. The Kier molecular flexibility index (Phi) is 8.04. The van der Waals surface area contributed by atoms with Crippen molar-refractivity contribution < 1.29 is 42.5 Å². The van der Waals surface area contributed by atoms with Crippen LogP contribution in [0.4, 0.5) is 4.39 Å². The van der Waals surface area contributed by atoms with Gasteiger partial charge in [-0.05, 0) is 47.1 Å². The van der Waals surface area contributed by atoms with E-state index in [4.69, 9.17) is 14.1 Å². The van der Waals surface area contributed by atoms with Crippen LogP contribution in [0.25, 0.3) is 32.7 Å². The second-order valence-electron chi connectivity index (χ2n) is 9.85. The second-order valence-corrected chi connectivity index (χ2v) is 14.6. The van der Waals surface area contributed by atoms with Crippen molar-refractivity contribution in [3.8, 4) is 5.75 Å². The molecule has 0 spiro atoms. The van der Waals surface area contributed by atoms with Crippen molar-refractivity contribution in [2.75, 3.05) is 7.05 Å². The van der Waals surface area contributed by atoms with E-state index in [2.05, 4.69) is 45.5 Å². The number of fused-ring (bicyclic) bond motifs is 8. The van der Waals surface area contributed by atoms with Gasteiger partial charge >= 0.3 is 30.8 Å². The first-order valence-corrected chi connectivity index (χ1v) is 13.5. The molecular formula is C26H26FN3O4RuSi. The summed E-state index contributed by atoms with van der Waals surface area (Å²) < 4.78 is 28.0. The maximum Gasteiger partial charge on any atom is 2.00 e. The predicted octanol–water partition coefficient (Wildman–Crippen LogP) is 5.66. The summed E-state index contributed by atoms with van der Waals surface area (Å²) in [5, 5.41) is 1.60. The van der Waals surface area contributed by atoms with E-state index in [0.717, 1.165) is 16.5 Å². The zero-order chi connectivity index (χ0) is 25.2. The number of amides is 2. The number of hydrogen-bond donors (Lipinski definition) is 0. The number of benzene rings is 2. The SMILES string of the molecule is CN1C(=O)c2c(c3c4cc(O[Si](C)(C)C(C)(C)C)ccc4[n-]c3c3ncc(F)cc23)C1=O.[C-]#[O+].[CH3-].[Ru+2]. The summed E-state index contributed by atoms with van der Waals surface area (Å²) >= 11 is 0. The summed E-state index contributed by atoms with van der Waals surface area (Å²) in [5.74, 6) is -0.766. The van der Waals surface area contributed by atoms with E-state index in [1.54, 1.807) is 0 Å². The number of carbonyl (C=O) groups excluding carboxylic acids is 2. The van der Waals surface area contributed by atoms with E-state index in [1.807, 2.05) is 18.2 Å². The van der Waals surface area contributed by atoms with Gasteiger partial charge in [-0.2, -0.15) is 0 Å². The minimum absolute atomic E-state index is 0. The molecule has 0 saturated heterocycles. The molecule has 0 atom stereocenters. The van der Waals surface area contributed by atoms with Crippen LogP contribution in [-0.2, 0) is 24.1 Å². The van der Waals surface area contributed by atoms with Gasteiger partial charge in [0.25, 0.3) is 11.8 Å². The summed E-state index contributed by atoms with van der Waals surface area (Å²) in [6, 6.07) is 6.86. The summed E-state index contributed by atoms with van der Waals surface area (Å²) in [6.07, 6.45) is 1.10. The van der Waals surface area contributed by atoms with Crippen LogP contribution in [0, 0.1) is 19.9 Å². The van der Waals surface area contributed by atoms with Crippen LogP contribution in [-0.4, -0.2) is 37.1 Å². The molecule has 0 saturated carbocycles. The number of aromatic nitrogens is 2. The molecule has 2 amide bonds. The summed E-state index contributed by atoms with van der Waals surface area (Å²) in [5.41, 5.74) is 1.98. The molecule has 10 heteroatoms.